The standard InChI is InChI=1S/C18H12BrCl2N3/c19-12-3-6-15-11(7-12)8-14(18(21)22-15)17-9-16(23-24-17)10-1-4-13(20)5-2-10/h1-8,17,24H,9H2. The van der Waals surface area contributed by atoms with Gasteiger partial charge in [-0.05, 0) is 42.0 Å². The van der Waals surface area contributed by atoms with Crippen LogP contribution in [-0.4, -0.2) is 10.7 Å². The van der Waals surface area contributed by atoms with Gasteiger partial charge in [0.25, 0.3) is 0 Å². The smallest absolute Gasteiger partial charge is 0.135 e. The van der Waals surface area contributed by atoms with Crippen molar-refractivity contribution in [1.82, 2.24) is 10.4 Å². The molecule has 3 aromatic rings. The summed E-state index contributed by atoms with van der Waals surface area (Å²) in [5, 5.41) is 6.73. The van der Waals surface area contributed by atoms with Gasteiger partial charge in [0.15, 0.2) is 0 Å². The summed E-state index contributed by atoms with van der Waals surface area (Å²) in [5.41, 5.74) is 7.05. The molecule has 2 heterocycles. The number of hydrogen-bond acceptors (Lipinski definition) is 3. The van der Waals surface area contributed by atoms with Crippen LogP contribution in [0, 0.1) is 0 Å². The van der Waals surface area contributed by atoms with Crippen molar-refractivity contribution in [3.8, 4) is 0 Å². The zero-order valence-electron chi connectivity index (χ0n) is 12.4. The molecule has 0 aliphatic carbocycles. The molecule has 1 N–H and O–H groups in total. The van der Waals surface area contributed by atoms with Gasteiger partial charge in [-0.15, -0.1) is 0 Å². The Kier molecular flexibility index (Phi) is 4.21. The van der Waals surface area contributed by atoms with Gasteiger partial charge in [0, 0.05) is 26.9 Å². The first-order chi connectivity index (χ1) is 11.6. The van der Waals surface area contributed by atoms with E-state index in [2.05, 4.69) is 37.5 Å². The second-order valence-electron chi connectivity index (χ2n) is 5.66. The van der Waals surface area contributed by atoms with Crippen molar-refractivity contribution in [2.75, 3.05) is 0 Å². The maximum Gasteiger partial charge on any atom is 0.135 e. The molecule has 0 bridgehead atoms. The molecule has 0 fully saturated rings. The Bertz CT molecular complexity index is 954. The molecule has 0 radical (unpaired) electrons. The Morgan fingerprint density at radius 1 is 1.04 bits per heavy atom. The Morgan fingerprint density at radius 2 is 1.83 bits per heavy atom. The molecule has 0 spiro atoms. The van der Waals surface area contributed by atoms with Crippen LogP contribution in [0.25, 0.3) is 10.9 Å². The van der Waals surface area contributed by atoms with Crippen molar-refractivity contribution >= 4 is 55.7 Å². The van der Waals surface area contributed by atoms with Crippen molar-refractivity contribution in [3.63, 3.8) is 0 Å². The lowest BCUT2D eigenvalue weighted by Gasteiger charge is -2.13. The normalized spacial score (nSPS) is 17.0. The van der Waals surface area contributed by atoms with Crippen molar-refractivity contribution in [2.24, 2.45) is 5.10 Å². The molecule has 3 nitrogen and oxygen atoms in total. The van der Waals surface area contributed by atoms with Gasteiger partial charge in [0.1, 0.15) is 5.15 Å². The molecular formula is C18H12BrCl2N3. The number of nitrogens with zero attached hydrogens (tertiary/aromatic N) is 2. The van der Waals surface area contributed by atoms with E-state index in [0.717, 1.165) is 38.6 Å². The highest BCUT2D eigenvalue weighted by molar-refractivity contribution is 9.10. The zero-order chi connectivity index (χ0) is 16.7. The number of hydrogen-bond donors (Lipinski definition) is 1. The summed E-state index contributed by atoms with van der Waals surface area (Å²) in [6, 6.07) is 15.7. The third kappa shape index (κ3) is 3.02. The number of benzene rings is 2. The summed E-state index contributed by atoms with van der Waals surface area (Å²) in [6.07, 6.45) is 0.753. The number of halogens is 3. The lowest BCUT2D eigenvalue weighted by Crippen LogP contribution is -2.11. The third-order valence-electron chi connectivity index (χ3n) is 4.06. The Hall–Kier alpha value is -1.62. The predicted molar refractivity (Wildman–Crippen MR) is 103 cm³/mol. The van der Waals surface area contributed by atoms with Gasteiger partial charge in [0.2, 0.25) is 0 Å². The molecule has 6 heteroatoms. The molecule has 120 valence electrons. The van der Waals surface area contributed by atoms with Crippen LogP contribution in [0.5, 0.6) is 0 Å². The van der Waals surface area contributed by atoms with Crippen molar-refractivity contribution < 1.29 is 0 Å². The van der Waals surface area contributed by atoms with Gasteiger partial charge in [-0.1, -0.05) is 51.3 Å². The number of nitrogens with one attached hydrogen (secondary N) is 1. The molecule has 24 heavy (non-hydrogen) atoms. The fourth-order valence-corrected chi connectivity index (χ4v) is 3.61. The summed E-state index contributed by atoms with van der Waals surface area (Å²) < 4.78 is 1.02. The highest BCUT2D eigenvalue weighted by Gasteiger charge is 2.24. The molecule has 0 saturated carbocycles. The number of pyridine rings is 1. The molecule has 1 atom stereocenters. The van der Waals surface area contributed by atoms with Crippen LogP contribution in [0.2, 0.25) is 10.2 Å². The van der Waals surface area contributed by atoms with Crippen LogP contribution in [0.15, 0.2) is 58.1 Å². The molecular weight excluding hydrogens is 409 g/mol. The Morgan fingerprint density at radius 3 is 2.62 bits per heavy atom. The van der Waals surface area contributed by atoms with Gasteiger partial charge in [-0.2, -0.15) is 5.10 Å². The molecule has 2 aromatic carbocycles. The maximum atomic E-state index is 6.41. The van der Waals surface area contributed by atoms with Gasteiger partial charge in [-0.3, -0.25) is 0 Å². The number of rotatable bonds is 2. The van der Waals surface area contributed by atoms with Gasteiger partial charge >= 0.3 is 0 Å². The van der Waals surface area contributed by atoms with Gasteiger partial charge in [-0.25, -0.2) is 4.98 Å². The summed E-state index contributed by atoms with van der Waals surface area (Å²) in [5.74, 6) is 0. The first-order valence-electron chi connectivity index (χ1n) is 7.44. The molecule has 0 amide bonds. The highest BCUT2D eigenvalue weighted by Crippen LogP contribution is 2.32. The zero-order valence-corrected chi connectivity index (χ0v) is 15.5. The number of fused-ring (bicyclic) bond motifs is 1. The van der Waals surface area contributed by atoms with Crippen LogP contribution >= 0.6 is 39.1 Å². The number of aromatic nitrogens is 1. The van der Waals surface area contributed by atoms with Crippen LogP contribution in [0.4, 0.5) is 0 Å². The lowest BCUT2D eigenvalue weighted by atomic mass is 9.99. The van der Waals surface area contributed by atoms with E-state index in [-0.39, 0.29) is 6.04 Å². The van der Waals surface area contributed by atoms with E-state index >= 15 is 0 Å². The lowest BCUT2D eigenvalue weighted by molar-refractivity contribution is 0.619. The van der Waals surface area contributed by atoms with E-state index in [4.69, 9.17) is 23.2 Å². The second-order valence-corrected chi connectivity index (χ2v) is 7.37. The summed E-state index contributed by atoms with van der Waals surface area (Å²) >= 11 is 15.8. The van der Waals surface area contributed by atoms with Crippen LogP contribution in [-0.2, 0) is 0 Å². The fraction of sp³-hybridized carbons (Fsp3) is 0.111. The summed E-state index contributed by atoms with van der Waals surface area (Å²) in [7, 11) is 0. The van der Waals surface area contributed by atoms with E-state index in [9.17, 15) is 0 Å². The largest absolute Gasteiger partial charge is 0.302 e. The first-order valence-corrected chi connectivity index (χ1v) is 8.99. The number of hydrazone groups is 1. The van der Waals surface area contributed by atoms with E-state index in [0.29, 0.717) is 10.2 Å². The molecule has 0 saturated heterocycles. The van der Waals surface area contributed by atoms with E-state index < -0.39 is 0 Å². The second kappa shape index (κ2) is 6.36. The molecule has 1 aliphatic rings. The molecule has 1 unspecified atom stereocenters. The molecule has 4 rings (SSSR count). The Balaban J connectivity index is 1.64. The van der Waals surface area contributed by atoms with Gasteiger partial charge in [0.05, 0.1) is 17.3 Å². The topological polar surface area (TPSA) is 37.3 Å². The van der Waals surface area contributed by atoms with Crippen LogP contribution in [0.3, 0.4) is 0 Å². The summed E-state index contributed by atoms with van der Waals surface area (Å²) in [6.45, 7) is 0. The average Bonchev–Trinajstić information content (AvgIpc) is 3.05. The minimum absolute atomic E-state index is 0.0130. The third-order valence-corrected chi connectivity index (χ3v) is 5.11. The van der Waals surface area contributed by atoms with Crippen LogP contribution < -0.4 is 5.43 Å². The minimum Gasteiger partial charge on any atom is -0.302 e. The Labute approximate surface area is 157 Å². The highest BCUT2D eigenvalue weighted by atomic mass is 79.9. The molecule has 1 aromatic heterocycles. The maximum absolute atomic E-state index is 6.41. The quantitative estimate of drug-likeness (QED) is 0.536. The monoisotopic (exact) mass is 419 g/mol. The minimum atomic E-state index is 0.0130. The van der Waals surface area contributed by atoms with Gasteiger partial charge < -0.3 is 5.43 Å². The van der Waals surface area contributed by atoms with E-state index in [1.54, 1.807) is 0 Å². The first kappa shape index (κ1) is 15.9. The SMILES string of the molecule is Clc1ccc(C2=NNC(c3cc4cc(Br)ccc4nc3Cl)C2)cc1. The van der Waals surface area contributed by atoms with Crippen molar-refractivity contribution in [1.29, 1.82) is 0 Å². The van der Waals surface area contributed by atoms with E-state index in [1.807, 2.05) is 42.5 Å². The molecule has 1 aliphatic heterocycles. The van der Waals surface area contributed by atoms with Crippen molar-refractivity contribution in [2.45, 2.75) is 12.5 Å². The van der Waals surface area contributed by atoms with Crippen LogP contribution in [0.1, 0.15) is 23.6 Å². The summed E-state index contributed by atoms with van der Waals surface area (Å²) in [4.78, 5) is 4.51. The van der Waals surface area contributed by atoms with E-state index in [1.165, 1.54) is 0 Å². The fourth-order valence-electron chi connectivity index (χ4n) is 2.83. The average molecular weight is 421 g/mol. The van der Waals surface area contributed by atoms with Crippen molar-refractivity contribution in [3.05, 3.63) is 74.3 Å². The predicted octanol–water partition coefficient (Wildman–Crippen LogP) is 5.74.